The Morgan fingerprint density at radius 1 is 0.944 bits per heavy atom. The number of hydrogen-bond donors (Lipinski definition) is 5. The van der Waals surface area contributed by atoms with E-state index in [2.05, 4.69) is 4.99 Å². The second-order valence-electron chi connectivity index (χ2n) is 3.01. The number of aliphatic hydroxyl groups excluding tert-OH is 1. The van der Waals surface area contributed by atoms with Crippen molar-refractivity contribution in [2.24, 2.45) is 4.99 Å². The van der Waals surface area contributed by atoms with Crippen molar-refractivity contribution in [2.45, 2.75) is 18.6 Å². The second kappa shape index (κ2) is 6.30. The smallest absolute Gasteiger partial charge is 0.353 e. The van der Waals surface area contributed by atoms with E-state index < -0.39 is 48.2 Å². The number of aliphatic carboxylic acids is 4. The first-order valence-electron chi connectivity index (χ1n) is 4.33. The third-order valence-corrected chi connectivity index (χ3v) is 1.66. The molecule has 0 rings (SSSR count). The van der Waals surface area contributed by atoms with E-state index in [0.29, 0.717) is 0 Å². The highest BCUT2D eigenvalue weighted by atomic mass is 16.4. The summed E-state index contributed by atoms with van der Waals surface area (Å²) in [6.07, 6.45) is -3.59. The zero-order chi connectivity index (χ0) is 14.5. The topological polar surface area (TPSA) is 182 Å². The molecule has 100 valence electrons. The molecule has 2 atom stereocenters. The molecule has 10 heteroatoms. The fraction of sp³-hybridized carbons (Fsp3) is 0.375. The first-order chi connectivity index (χ1) is 8.16. The van der Waals surface area contributed by atoms with Gasteiger partial charge in [-0.1, -0.05) is 0 Å². The fourth-order valence-corrected chi connectivity index (χ4v) is 0.881. The molecular formula is C8H9NO9. The Morgan fingerprint density at radius 3 is 1.72 bits per heavy atom. The van der Waals surface area contributed by atoms with Gasteiger partial charge < -0.3 is 25.5 Å². The number of nitrogens with zero attached hydrogens (tertiary/aromatic N) is 1. The van der Waals surface area contributed by atoms with Gasteiger partial charge in [0, 0.05) is 0 Å². The van der Waals surface area contributed by atoms with Crippen LogP contribution >= 0.6 is 0 Å². The molecule has 0 amide bonds. The van der Waals surface area contributed by atoms with Crippen molar-refractivity contribution in [3.8, 4) is 0 Å². The van der Waals surface area contributed by atoms with Crippen LogP contribution in [0.4, 0.5) is 0 Å². The predicted octanol–water partition coefficient (Wildman–Crippen LogP) is -2.11. The molecule has 5 N–H and O–H groups in total. The summed E-state index contributed by atoms with van der Waals surface area (Å²) in [6.45, 7) is 0. The average Bonchev–Trinajstić information content (AvgIpc) is 2.21. The number of hydrogen-bond acceptors (Lipinski definition) is 6. The molecule has 0 aliphatic rings. The fourth-order valence-electron chi connectivity index (χ4n) is 0.881. The second-order valence-corrected chi connectivity index (χ2v) is 3.01. The van der Waals surface area contributed by atoms with Crippen molar-refractivity contribution < 1.29 is 44.7 Å². The molecule has 0 saturated carbocycles. The number of carbonyl (C=O) groups is 4. The van der Waals surface area contributed by atoms with Gasteiger partial charge in [0.25, 0.3) is 0 Å². The minimum atomic E-state index is -2.54. The molecule has 0 radical (unpaired) electrons. The molecule has 0 aromatic carbocycles. The van der Waals surface area contributed by atoms with Crippen molar-refractivity contribution in [3.63, 3.8) is 0 Å². The molecule has 0 fully saturated rings. The maximum Gasteiger partial charge on any atom is 0.353 e. The van der Waals surface area contributed by atoms with Gasteiger partial charge in [-0.2, -0.15) is 0 Å². The molecule has 0 aromatic rings. The summed E-state index contributed by atoms with van der Waals surface area (Å²) >= 11 is 0. The third-order valence-electron chi connectivity index (χ3n) is 1.66. The van der Waals surface area contributed by atoms with Gasteiger partial charge >= 0.3 is 23.9 Å². The Hall–Kier alpha value is -2.49. The normalized spacial score (nSPS) is 14.6. The monoisotopic (exact) mass is 263 g/mol. The molecule has 0 aliphatic carbocycles. The third kappa shape index (κ3) is 4.57. The zero-order valence-electron chi connectivity index (χ0n) is 8.68. The van der Waals surface area contributed by atoms with Crippen molar-refractivity contribution >= 4 is 29.6 Å². The molecule has 0 aliphatic heterocycles. The van der Waals surface area contributed by atoms with Gasteiger partial charge in [-0.05, 0) is 0 Å². The van der Waals surface area contributed by atoms with Gasteiger partial charge in [0.15, 0.2) is 11.8 Å². The summed E-state index contributed by atoms with van der Waals surface area (Å²) < 4.78 is 0. The Balaban J connectivity index is 5.35. The van der Waals surface area contributed by atoms with E-state index in [0.717, 1.165) is 0 Å². The number of aliphatic hydroxyl groups is 1. The number of carboxylic acid groups (broad SMARTS) is 4. The first kappa shape index (κ1) is 15.5. The van der Waals surface area contributed by atoms with Crippen LogP contribution in [0, 0.1) is 0 Å². The highest BCUT2D eigenvalue weighted by Crippen LogP contribution is 2.03. The molecule has 0 bridgehead atoms. The molecule has 0 saturated heterocycles. The Labute approximate surface area is 98.8 Å². The summed E-state index contributed by atoms with van der Waals surface area (Å²) in [7, 11) is 0. The van der Waals surface area contributed by atoms with Gasteiger partial charge in [-0.15, -0.1) is 0 Å². The Morgan fingerprint density at radius 2 is 1.44 bits per heavy atom. The first-order valence-corrected chi connectivity index (χ1v) is 4.33. The van der Waals surface area contributed by atoms with Crippen molar-refractivity contribution in [1.82, 2.24) is 0 Å². The van der Waals surface area contributed by atoms with Crippen LogP contribution in [0.15, 0.2) is 4.99 Å². The van der Waals surface area contributed by atoms with E-state index in [1.54, 1.807) is 0 Å². The summed E-state index contributed by atoms with van der Waals surface area (Å²) in [6, 6.07) is -2.00. The summed E-state index contributed by atoms with van der Waals surface area (Å²) in [5.74, 6) is -7.23. The molecule has 0 spiro atoms. The van der Waals surface area contributed by atoms with Crippen LogP contribution < -0.4 is 0 Å². The molecular weight excluding hydrogens is 254 g/mol. The Kier molecular flexibility index (Phi) is 5.42. The van der Waals surface area contributed by atoms with E-state index >= 15 is 0 Å². The SMILES string of the molecule is O=C(O)CC(N=C(C(=O)O)C(O)C(=O)O)C(=O)O. The van der Waals surface area contributed by atoms with Crippen molar-refractivity contribution in [2.75, 3.05) is 0 Å². The van der Waals surface area contributed by atoms with Gasteiger partial charge in [0.05, 0.1) is 6.42 Å². The van der Waals surface area contributed by atoms with Crippen LogP contribution in [0.2, 0.25) is 0 Å². The van der Waals surface area contributed by atoms with Gasteiger partial charge in [0.1, 0.15) is 0 Å². The lowest BCUT2D eigenvalue weighted by molar-refractivity contribution is -0.145. The van der Waals surface area contributed by atoms with Gasteiger partial charge in [-0.3, -0.25) is 9.79 Å². The van der Waals surface area contributed by atoms with Crippen LogP contribution in [-0.4, -0.2) is 67.3 Å². The highest BCUT2D eigenvalue weighted by Gasteiger charge is 2.30. The van der Waals surface area contributed by atoms with Gasteiger partial charge in [-0.25, -0.2) is 14.4 Å². The molecule has 10 nitrogen and oxygen atoms in total. The summed E-state index contributed by atoms with van der Waals surface area (Å²) in [5.41, 5.74) is -1.35. The van der Waals surface area contributed by atoms with E-state index in [1.807, 2.05) is 0 Å². The van der Waals surface area contributed by atoms with E-state index in [9.17, 15) is 19.2 Å². The molecule has 18 heavy (non-hydrogen) atoms. The van der Waals surface area contributed by atoms with E-state index in [4.69, 9.17) is 25.5 Å². The maximum atomic E-state index is 10.6. The van der Waals surface area contributed by atoms with Gasteiger partial charge in [0.2, 0.25) is 6.10 Å². The predicted molar refractivity (Wildman–Crippen MR) is 52.4 cm³/mol. The lowest BCUT2D eigenvalue weighted by Gasteiger charge is -2.09. The van der Waals surface area contributed by atoms with Crippen LogP contribution in [0.1, 0.15) is 6.42 Å². The van der Waals surface area contributed by atoms with Crippen molar-refractivity contribution in [3.05, 3.63) is 0 Å². The molecule has 0 aromatic heterocycles. The molecule has 0 heterocycles. The standard InChI is InChI=1S/C8H9NO9/c10-3(11)1-2(6(13)14)9-4(7(15)16)5(12)8(17)18/h2,5,12H,1H2,(H,10,11)(H,13,14)(H,15,16)(H,17,18). The van der Waals surface area contributed by atoms with Crippen LogP contribution in [0.25, 0.3) is 0 Å². The minimum Gasteiger partial charge on any atom is -0.481 e. The lowest BCUT2D eigenvalue weighted by atomic mass is 10.1. The lowest BCUT2D eigenvalue weighted by Crippen LogP contribution is -2.37. The quantitative estimate of drug-likeness (QED) is 0.320. The highest BCUT2D eigenvalue weighted by molar-refractivity contribution is 6.41. The minimum absolute atomic E-state index is 1.04. The van der Waals surface area contributed by atoms with E-state index in [-0.39, 0.29) is 0 Å². The van der Waals surface area contributed by atoms with Crippen LogP contribution in [-0.2, 0) is 19.2 Å². The summed E-state index contributed by atoms with van der Waals surface area (Å²) in [4.78, 5) is 44.8. The van der Waals surface area contributed by atoms with Crippen LogP contribution in [0.3, 0.4) is 0 Å². The van der Waals surface area contributed by atoms with Crippen LogP contribution in [0.5, 0.6) is 0 Å². The zero-order valence-corrected chi connectivity index (χ0v) is 8.68. The molecule has 2 unspecified atom stereocenters. The van der Waals surface area contributed by atoms with E-state index in [1.165, 1.54) is 0 Å². The Bertz CT molecular complexity index is 413. The average molecular weight is 263 g/mol. The number of aliphatic imine (C=N–C) groups is 1. The summed E-state index contributed by atoms with van der Waals surface area (Å²) in [5, 5.41) is 42.9. The maximum absolute atomic E-state index is 10.6. The van der Waals surface area contributed by atoms with Crippen molar-refractivity contribution in [1.29, 1.82) is 0 Å². The number of rotatable bonds is 7. The number of carboxylic acids is 4. The largest absolute Gasteiger partial charge is 0.481 e.